The number of fused-ring (bicyclic) bond motifs is 1. The van der Waals surface area contributed by atoms with Gasteiger partial charge in [-0.15, -0.1) is 0 Å². The van der Waals surface area contributed by atoms with Crippen LogP contribution < -0.4 is 10.1 Å². The molecule has 0 bridgehead atoms. The molecule has 2 aromatic carbocycles. The Morgan fingerprint density at radius 1 is 1.04 bits per heavy atom. The second-order valence-corrected chi connectivity index (χ2v) is 7.85. The summed E-state index contributed by atoms with van der Waals surface area (Å²) in [6.07, 6.45) is 3.58. The molecule has 5 nitrogen and oxygen atoms in total. The van der Waals surface area contributed by atoms with Crippen LogP contribution in [-0.4, -0.2) is 23.3 Å². The Hall–Kier alpha value is -2.78. The van der Waals surface area contributed by atoms with Crippen LogP contribution in [0.15, 0.2) is 30.3 Å². The number of aryl methyl sites for hydroxylation is 4. The van der Waals surface area contributed by atoms with Gasteiger partial charge >= 0.3 is 0 Å². The number of carbonyl (C=O) groups is 2. The van der Waals surface area contributed by atoms with Crippen LogP contribution in [0.25, 0.3) is 0 Å². The highest BCUT2D eigenvalue weighted by Gasteiger charge is 2.14. The highest BCUT2D eigenvalue weighted by Crippen LogP contribution is 2.30. The van der Waals surface area contributed by atoms with Crippen LogP contribution in [0.3, 0.4) is 0 Å². The summed E-state index contributed by atoms with van der Waals surface area (Å²) in [7, 11) is 0. The first-order chi connectivity index (χ1) is 13.5. The molecular weight excluding hydrogens is 372 g/mol. The summed E-state index contributed by atoms with van der Waals surface area (Å²) in [5, 5.41) is 11.4. The van der Waals surface area contributed by atoms with E-state index in [4.69, 9.17) is 10.00 Å². The molecular formula is C22H22N2O3S. The first kappa shape index (κ1) is 20.0. The highest BCUT2D eigenvalue weighted by molar-refractivity contribution is 8.14. The van der Waals surface area contributed by atoms with Crippen molar-refractivity contribution < 1.29 is 14.3 Å². The van der Waals surface area contributed by atoms with Gasteiger partial charge in [-0.25, -0.2) is 0 Å². The Kier molecular flexibility index (Phi) is 6.37. The molecule has 0 unspecified atom stereocenters. The third-order valence-electron chi connectivity index (χ3n) is 4.72. The number of hydrogen-bond donors (Lipinski definition) is 1. The van der Waals surface area contributed by atoms with E-state index in [0.717, 1.165) is 46.4 Å². The van der Waals surface area contributed by atoms with Crippen LogP contribution in [0.4, 0.5) is 4.79 Å². The maximum Gasteiger partial charge on any atom is 0.279 e. The maximum absolute atomic E-state index is 10.4. The van der Waals surface area contributed by atoms with E-state index in [1.807, 2.05) is 32.0 Å². The lowest BCUT2D eigenvalue weighted by Crippen LogP contribution is -2.33. The molecule has 1 amide bonds. The number of ether oxygens (including phenoxy) is 1. The standard InChI is InChI=1S/C18H17NO.C4H5NO2S/c1-12-8-17(9-13(2)18(12)11-19)20-16-7-6-14-4-3-5-15(14)10-16;6-3-1-5-4(7)8-2-3/h6-10H,3-5H2,1-2H3;1-2H2,(H,5,7). The number of benzene rings is 2. The lowest BCUT2D eigenvalue weighted by atomic mass is 10.0. The molecule has 2 aliphatic rings. The molecule has 4 rings (SSSR count). The summed E-state index contributed by atoms with van der Waals surface area (Å²) in [5.74, 6) is 2.12. The van der Waals surface area contributed by atoms with Crippen LogP contribution in [0, 0.1) is 25.2 Å². The number of ketones is 1. The minimum absolute atomic E-state index is 0.0922. The number of rotatable bonds is 2. The van der Waals surface area contributed by atoms with Gasteiger partial charge in [0.25, 0.3) is 5.24 Å². The molecule has 6 heteroatoms. The quantitative estimate of drug-likeness (QED) is 0.813. The molecule has 1 N–H and O–H groups in total. The topological polar surface area (TPSA) is 79.2 Å². The van der Waals surface area contributed by atoms with Gasteiger partial charge < -0.3 is 10.1 Å². The summed E-state index contributed by atoms with van der Waals surface area (Å²) >= 11 is 1.03. The average Bonchev–Trinajstić information content (AvgIpc) is 3.12. The van der Waals surface area contributed by atoms with E-state index < -0.39 is 0 Å². The number of nitrogens with one attached hydrogen (secondary N) is 1. The van der Waals surface area contributed by atoms with E-state index >= 15 is 0 Å². The van der Waals surface area contributed by atoms with E-state index in [1.165, 1.54) is 24.0 Å². The summed E-state index contributed by atoms with van der Waals surface area (Å²) < 4.78 is 5.96. The van der Waals surface area contributed by atoms with Crippen molar-refractivity contribution in [2.75, 3.05) is 12.3 Å². The highest BCUT2D eigenvalue weighted by atomic mass is 32.2. The number of nitriles is 1. The normalized spacial score (nSPS) is 15.0. The Morgan fingerprint density at radius 3 is 2.36 bits per heavy atom. The molecule has 1 saturated heterocycles. The predicted molar refractivity (Wildman–Crippen MR) is 110 cm³/mol. The van der Waals surface area contributed by atoms with Crippen molar-refractivity contribution in [2.24, 2.45) is 0 Å². The molecule has 1 fully saturated rings. The summed E-state index contributed by atoms with van der Waals surface area (Å²) in [6.45, 7) is 4.11. The molecule has 1 aliphatic heterocycles. The fourth-order valence-corrected chi connectivity index (χ4v) is 3.89. The van der Waals surface area contributed by atoms with Crippen molar-refractivity contribution in [3.8, 4) is 17.6 Å². The number of carbonyl (C=O) groups excluding carboxylic acids is 2. The monoisotopic (exact) mass is 394 g/mol. The van der Waals surface area contributed by atoms with E-state index in [-0.39, 0.29) is 17.6 Å². The van der Waals surface area contributed by atoms with Crippen molar-refractivity contribution >= 4 is 22.8 Å². The van der Waals surface area contributed by atoms with Gasteiger partial charge in [-0.1, -0.05) is 17.8 Å². The van der Waals surface area contributed by atoms with Crippen molar-refractivity contribution in [3.63, 3.8) is 0 Å². The van der Waals surface area contributed by atoms with E-state index in [2.05, 4.69) is 23.5 Å². The van der Waals surface area contributed by atoms with Gasteiger partial charge in [-0.3, -0.25) is 9.59 Å². The van der Waals surface area contributed by atoms with Crippen molar-refractivity contribution in [1.29, 1.82) is 5.26 Å². The Bertz CT molecular complexity index is 912. The van der Waals surface area contributed by atoms with Crippen molar-refractivity contribution in [1.82, 2.24) is 5.32 Å². The van der Waals surface area contributed by atoms with Gasteiger partial charge in [0.15, 0.2) is 5.78 Å². The van der Waals surface area contributed by atoms with Crippen LogP contribution in [0.5, 0.6) is 11.5 Å². The molecule has 2 aromatic rings. The van der Waals surface area contributed by atoms with E-state index in [0.29, 0.717) is 5.75 Å². The summed E-state index contributed by atoms with van der Waals surface area (Å²) in [4.78, 5) is 20.7. The maximum atomic E-state index is 10.4. The van der Waals surface area contributed by atoms with Gasteiger partial charge in [0.2, 0.25) is 0 Å². The van der Waals surface area contributed by atoms with Gasteiger partial charge in [0.1, 0.15) is 11.5 Å². The number of thioether (sulfide) groups is 1. The van der Waals surface area contributed by atoms with Crippen LogP contribution >= 0.6 is 11.8 Å². The number of Topliss-reactive ketones (excluding diaryl/α,β-unsaturated/α-hetero) is 1. The minimum atomic E-state index is -0.0930. The van der Waals surface area contributed by atoms with Gasteiger partial charge in [0.05, 0.1) is 23.9 Å². The van der Waals surface area contributed by atoms with E-state index in [9.17, 15) is 9.59 Å². The zero-order valence-electron chi connectivity index (χ0n) is 16.0. The zero-order chi connectivity index (χ0) is 20.1. The van der Waals surface area contributed by atoms with E-state index in [1.54, 1.807) is 0 Å². The molecule has 144 valence electrons. The summed E-state index contributed by atoms with van der Waals surface area (Å²) in [6, 6.07) is 12.4. The lowest BCUT2D eigenvalue weighted by molar-refractivity contribution is -0.115. The first-order valence-electron chi connectivity index (χ1n) is 9.19. The van der Waals surface area contributed by atoms with Crippen LogP contribution in [0.2, 0.25) is 0 Å². The van der Waals surface area contributed by atoms with Gasteiger partial charge in [0, 0.05) is 0 Å². The molecule has 0 spiro atoms. The Morgan fingerprint density at radius 2 is 1.75 bits per heavy atom. The van der Waals surface area contributed by atoms with Crippen molar-refractivity contribution in [2.45, 2.75) is 33.1 Å². The predicted octanol–water partition coefficient (Wildman–Crippen LogP) is 4.47. The molecule has 0 atom stereocenters. The lowest BCUT2D eigenvalue weighted by Gasteiger charge is -2.10. The zero-order valence-corrected chi connectivity index (χ0v) is 16.8. The van der Waals surface area contributed by atoms with Gasteiger partial charge in [-0.2, -0.15) is 5.26 Å². The number of nitrogens with zero attached hydrogens (tertiary/aromatic N) is 1. The first-order valence-corrected chi connectivity index (χ1v) is 10.2. The molecule has 28 heavy (non-hydrogen) atoms. The van der Waals surface area contributed by atoms with Gasteiger partial charge in [-0.05, 0) is 79.6 Å². The summed E-state index contributed by atoms with van der Waals surface area (Å²) in [5.41, 5.74) is 5.52. The fourth-order valence-electron chi connectivity index (χ4n) is 3.33. The minimum Gasteiger partial charge on any atom is -0.457 e. The molecule has 0 radical (unpaired) electrons. The van der Waals surface area contributed by atoms with Crippen molar-refractivity contribution in [3.05, 3.63) is 58.1 Å². The smallest absolute Gasteiger partial charge is 0.279 e. The van der Waals surface area contributed by atoms with Crippen LogP contribution in [-0.2, 0) is 17.6 Å². The Balaban J connectivity index is 0.000000236. The fraction of sp³-hybridized carbons (Fsp3) is 0.318. The Labute approximate surface area is 169 Å². The third kappa shape index (κ3) is 4.93. The molecule has 0 saturated carbocycles. The number of hydrogen-bond acceptors (Lipinski definition) is 5. The largest absolute Gasteiger partial charge is 0.457 e. The SMILES string of the molecule is Cc1cc(Oc2ccc3c(c2)CCC3)cc(C)c1C#N.O=C1CNC(=O)SC1. The average molecular weight is 394 g/mol. The molecule has 1 aliphatic carbocycles. The van der Waals surface area contributed by atoms with Crippen LogP contribution in [0.1, 0.15) is 34.2 Å². The second-order valence-electron chi connectivity index (χ2n) is 6.90. The third-order valence-corrected chi connectivity index (χ3v) is 5.59. The molecule has 0 aromatic heterocycles. The molecule has 1 heterocycles. The number of amides is 1. The second kappa shape index (κ2) is 8.94.